The molecule has 4 nitrogen and oxygen atoms in total. The number of benzene rings is 2. The van der Waals surface area contributed by atoms with Gasteiger partial charge in [-0.1, -0.05) is 24.3 Å². The SMILES string of the molecule is N[C@H](C(=O)O)c1ccc(F)c(Oc2ccccc2)c1. The van der Waals surface area contributed by atoms with Crippen LogP contribution < -0.4 is 10.5 Å². The van der Waals surface area contributed by atoms with Crippen molar-refractivity contribution in [3.63, 3.8) is 0 Å². The van der Waals surface area contributed by atoms with Crippen LogP contribution in [0.1, 0.15) is 11.6 Å². The minimum atomic E-state index is -1.21. The minimum Gasteiger partial charge on any atom is -0.480 e. The third-order valence-electron chi connectivity index (χ3n) is 2.55. The van der Waals surface area contributed by atoms with Crippen molar-refractivity contribution in [2.24, 2.45) is 5.73 Å². The molecular formula is C14H12FNO3. The zero-order chi connectivity index (χ0) is 13.8. The Bertz CT molecular complexity index is 586. The maximum absolute atomic E-state index is 13.6. The van der Waals surface area contributed by atoms with E-state index in [-0.39, 0.29) is 11.3 Å². The Hall–Kier alpha value is -2.40. The van der Waals surface area contributed by atoms with Crippen LogP contribution in [0.3, 0.4) is 0 Å². The van der Waals surface area contributed by atoms with E-state index in [9.17, 15) is 9.18 Å². The Labute approximate surface area is 109 Å². The lowest BCUT2D eigenvalue weighted by atomic mass is 10.1. The molecular weight excluding hydrogens is 249 g/mol. The summed E-state index contributed by atoms with van der Waals surface area (Å²) >= 11 is 0. The average Bonchev–Trinajstić information content (AvgIpc) is 2.41. The largest absolute Gasteiger partial charge is 0.480 e. The van der Waals surface area contributed by atoms with Crippen LogP contribution in [0.2, 0.25) is 0 Å². The van der Waals surface area contributed by atoms with E-state index in [0.717, 1.165) is 6.07 Å². The van der Waals surface area contributed by atoms with Crippen LogP contribution in [-0.2, 0) is 4.79 Å². The molecule has 2 rings (SSSR count). The lowest BCUT2D eigenvalue weighted by Crippen LogP contribution is -2.20. The van der Waals surface area contributed by atoms with Gasteiger partial charge in [0.05, 0.1) is 0 Å². The zero-order valence-corrected chi connectivity index (χ0v) is 9.92. The molecule has 0 saturated carbocycles. The first-order valence-electron chi connectivity index (χ1n) is 5.58. The highest BCUT2D eigenvalue weighted by Gasteiger charge is 2.16. The number of hydrogen-bond donors (Lipinski definition) is 2. The highest BCUT2D eigenvalue weighted by molar-refractivity contribution is 5.75. The molecule has 0 bridgehead atoms. The van der Waals surface area contributed by atoms with Crippen LogP contribution in [0.5, 0.6) is 11.5 Å². The fourth-order valence-electron chi connectivity index (χ4n) is 1.55. The summed E-state index contributed by atoms with van der Waals surface area (Å²) in [6.45, 7) is 0. The second kappa shape index (κ2) is 5.49. The van der Waals surface area contributed by atoms with Gasteiger partial charge in [0.1, 0.15) is 11.8 Å². The molecule has 0 fully saturated rings. The van der Waals surface area contributed by atoms with E-state index in [1.54, 1.807) is 30.3 Å². The number of hydrogen-bond acceptors (Lipinski definition) is 3. The molecule has 2 aromatic rings. The summed E-state index contributed by atoms with van der Waals surface area (Å²) in [6, 6.07) is 11.2. The molecule has 98 valence electrons. The van der Waals surface area contributed by atoms with Crippen LogP contribution in [0.15, 0.2) is 48.5 Å². The van der Waals surface area contributed by atoms with Gasteiger partial charge in [0.15, 0.2) is 11.6 Å². The standard InChI is InChI=1S/C14H12FNO3/c15-11-7-6-9(13(16)14(17)18)8-12(11)19-10-4-2-1-3-5-10/h1-8,13H,16H2,(H,17,18)/t13-/m0/s1. The number of carboxylic acids is 1. The maximum Gasteiger partial charge on any atom is 0.325 e. The summed E-state index contributed by atoms with van der Waals surface area (Å²) < 4.78 is 19.0. The van der Waals surface area contributed by atoms with Gasteiger partial charge in [0.25, 0.3) is 0 Å². The van der Waals surface area contributed by atoms with Gasteiger partial charge in [-0.05, 0) is 29.8 Å². The second-order valence-electron chi connectivity index (χ2n) is 3.92. The molecule has 0 aliphatic rings. The van der Waals surface area contributed by atoms with Crippen LogP contribution in [0.25, 0.3) is 0 Å². The Morgan fingerprint density at radius 1 is 1.21 bits per heavy atom. The number of carbonyl (C=O) groups is 1. The molecule has 0 aromatic heterocycles. The molecule has 0 unspecified atom stereocenters. The lowest BCUT2D eigenvalue weighted by Gasteiger charge is -2.11. The summed E-state index contributed by atoms with van der Waals surface area (Å²) in [5.74, 6) is -1.36. The molecule has 0 heterocycles. The number of halogens is 1. The van der Waals surface area contributed by atoms with Gasteiger partial charge in [-0.15, -0.1) is 0 Å². The Kier molecular flexibility index (Phi) is 3.77. The number of carboxylic acid groups (broad SMARTS) is 1. The number of aliphatic carboxylic acids is 1. The second-order valence-corrected chi connectivity index (χ2v) is 3.92. The first-order chi connectivity index (χ1) is 9.08. The number of rotatable bonds is 4. The molecule has 5 heteroatoms. The van der Waals surface area contributed by atoms with E-state index in [2.05, 4.69) is 0 Å². The summed E-state index contributed by atoms with van der Waals surface area (Å²) in [6.07, 6.45) is 0. The van der Waals surface area contributed by atoms with Crippen molar-refractivity contribution in [3.05, 3.63) is 59.9 Å². The third-order valence-corrected chi connectivity index (χ3v) is 2.55. The average molecular weight is 261 g/mol. The zero-order valence-electron chi connectivity index (χ0n) is 9.92. The molecule has 19 heavy (non-hydrogen) atoms. The van der Waals surface area contributed by atoms with Crippen molar-refractivity contribution in [2.75, 3.05) is 0 Å². The fraction of sp³-hybridized carbons (Fsp3) is 0.0714. The van der Waals surface area contributed by atoms with Crippen molar-refractivity contribution in [2.45, 2.75) is 6.04 Å². The lowest BCUT2D eigenvalue weighted by molar-refractivity contribution is -0.138. The van der Waals surface area contributed by atoms with Crippen molar-refractivity contribution in [1.29, 1.82) is 0 Å². The van der Waals surface area contributed by atoms with Crippen LogP contribution in [0, 0.1) is 5.82 Å². The van der Waals surface area contributed by atoms with Crippen LogP contribution in [0.4, 0.5) is 4.39 Å². The van der Waals surface area contributed by atoms with E-state index in [4.69, 9.17) is 15.6 Å². The predicted octanol–water partition coefficient (Wildman–Crippen LogP) is 2.70. The molecule has 1 atom stereocenters. The summed E-state index contributed by atoms with van der Waals surface area (Å²) in [5, 5.41) is 8.83. The van der Waals surface area contributed by atoms with Crippen molar-refractivity contribution >= 4 is 5.97 Å². The van der Waals surface area contributed by atoms with Gasteiger partial charge < -0.3 is 15.6 Å². The molecule has 0 spiro atoms. The Morgan fingerprint density at radius 2 is 1.89 bits per heavy atom. The molecule has 0 aliphatic carbocycles. The minimum absolute atomic E-state index is 0.0552. The highest BCUT2D eigenvalue weighted by Crippen LogP contribution is 2.27. The molecule has 3 N–H and O–H groups in total. The number of para-hydroxylation sites is 1. The van der Waals surface area contributed by atoms with Gasteiger partial charge in [-0.25, -0.2) is 4.39 Å². The molecule has 2 aromatic carbocycles. The van der Waals surface area contributed by atoms with Gasteiger partial charge in [-0.3, -0.25) is 4.79 Å². The fourth-order valence-corrected chi connectivity index (χ4v) is 1.55. The van der Waals surface area contributed by atoms with Gasteiger partial charge >= 0.3 is 5.97 Å². The quantitative estimate of drug-likeness (QED) is 0.887. The predicted molar refractivity (Wildman–Crippen MR) is 67.5 cm³/mol. The van der Waals surface area contributed by atoms with Gasteiger partial charge in [-0.2, -0.15) is 0 Å². The van der Waals surface area contributed by atoms with Gasteiger partial charge in [0, 0.05) is 0 Å². The first-order valence-corrected chi connectivity index (χ1v) is 5.58. The van der Waals surface area contributed by atoms with Crippen molar-refractivity contribution < 1.29 is 19.0 Å². The summed E-state index contributed by atoms with van der Waals surface area (Å²) in [5.41, 5.74) is 5.75. The Balaban J connectivity index is 2.30. The highest BCUT2D eigenvalue weighted by atomic mass is 19.1. The molecule has 0 amide bonds. The van der Waals surface area contributed by atoms with Gasteiger partial charge in [0.2, 0.25) is 0 Å². The molecule has 0 radical (unpaired) electrons. The van der Waals surface area contributed by atoms with Crippen LogP contribution >= 0.6 is 0 Å². The molecule has 0 aliphatic heterocycles. The number of ether oxygens (including phenoxy) is 1. The maximum atomic E-state index is 13.6. The van der Waals surface area contributed by atoms with E-state index >= 15 is 0 Å². The Morgan fingerprint density at radius 3 is 2.53 bits per heavy atom. The van der Waals surface area contributed by atoms with E-state index < -0.39 is 17.8 Å². The normalized spacial score (nSPS) is 11.9. The van der Waals surface area contributed by atoms with Crippen molar-refractivity contribution in [3.8, 4) is 11.5 Å². The molecule has 0 saturated heterocycles. The first kappa shape index (κ1) is 13.0. The van der Waals surface area contributed by atoms with Crippen molar-refractivity contribution in [1.82, 2.24) is 0 Å². The van der Waals surface area contributed by atoms with Crippen LogP contribution in [-0.4, -0.2) is 11.1 Å². The smallest absolute Gasteiger partial charge is 0.325 e. The summed E-state index contributed by atoms with van der Waals surface area (Å²) in [4.78, 5) is 10.8. The summed E-state index contributed by atoms with van der Waals surface area (Å²) in [7, 11) is 0. The monoisotopic (exact) mass is 261 g/mol. The number of nitrogens with two attached hydrogens (primary N) is 1. The topological polar surface area (TPSA) is 72.6 Å². The van der Waals surface area contributed by atoms with E-state index in [0.29, 0.717) is 5.75 Å². The van der Waals surface area contributed by atoms with E-state index in [1.165, 1.54) is 12.1 Å². The van der Waals surface area contributed by atoms with E-state index in [1.807, 2.05) is 0 Å². The third kappa shape index (κ3) is 3.08.